The van der Waals surface area contributed by atoms with Crippen molar-refractivity contribution in [2.45, 2.75) is 32.7 Å². The van der Waals surface area contributed by atoms with Crippen LogP contribution in [-0.2, 0) is 12.0 Å². The van der Waals surface area contributed by atoms with E-state index in [1.54, 1.807) is 14.0 Å². The highest BCUT2D eigenvalue weighted by Gasteiger charge is 2.20. The molecule has 2 aromatic rings. The Morgan fingerprint density at radius 2 is 1.95 bits per heavy atom. The molecular weight excluding hydrogens is 278 g/mol. The molecule has 2 rings (SSSR count). The van der Waals surface area contributed by atoms with E-state index in [2.05, 4.69) is 63.9 Å². The lowest BCUT2D eigenvalue weighted by Crippen LogP contribution is -2.43. The number of rotatable bonds is 5. The van der Waals surface area contributed by atoms with Gasteiger partial charge in [-0.2, -0.15) is 4.98 Å². The standard InChI is InChI=1S/C16H23N5O/c1-12-20-14(21-22-12)10-18-15(17-4)19-11-16(2,3)13-8-6-5-7-9-13/h5-9H,10-11H2,1-4H3,(H2,17,18,19). The number of aliphatic imine (C=N–C) groups is 1. The molecule has 6 heteroatoms. The molecular formula is C16H23N5O. The monoisotopic (exact) mass is 301 g/mol. The number of hydrogen-bond acceptors (Lipinski definition) is 4. The minimum absolute atomic E-state index is 0.00160. The van der Waals surface area contributed by atoms with E-state index in [9.17, 15) is 0 Å². The first kappa shape index (κ1) is 16.0. The number of aromatic nitrogens is 2. The van der Waals surface area contributed by atoms with Gasteiger partial charge in [-0.25, -0.2) is 0 Å². The third-order valence-corrected chi connectivity index (χ3v) is 3.46. The second-order valence-corrected chi connectivity index (χ2v) is 5.76. The summed E-state index contributed by atoms with van der Waals surface area (Å²) in [5.41, 5.74) is 1.29. The van der Waals surface area contributed by atoms with E-state index in [1.807, 2.05) is 6.07 Å². The second-order valence-electron chi connectivity index (χ2n) is 5.76. The largest absolute Gasteiger partial charge is 0.356 e. The summed E-state index contributed by atoms with van der Waals surface area (Å²) in [7, 11) is 1.74. The maximum absolute atomic E-state index is 4.94. The van der Waals surface area contributed by atoms with Gasteiger partial charge < -0.3 is 15.2 Å². The van der Waals surface area contributed by atoms with Crippen LogP contribution in [0.1, 0.15) is 31.1 Å². The summed E-state index contributed by atoms with van der Waals surface area (Å²) >= 11 is 0. The second kappa shape index (κ2) is 7.06. The molecule has 0 aliphatic heterocycles. The van der Waals surface area contributed by atoms with Crippen LogP contribution in [0.2, 0.25) is 0 Å². The Labute approximate surface area is 131 Å². The van der Waals surface area contributed by atoms with Gasteiger partial charge >= 0.3 is 0 Å². The van der Waals surface area contributed by atoms with Crippen molar-refractivity contribution in [1.29, 1.82) is 0 Å². The van der Waals surface area contributed by atoms with Gasteiger partial charge in [0.05, 0.1) is 6.54 Å². The lowest BCUT2D eigenvalue weighted by Gasteiger charge is -2.26. The molecule has 1 aromatic carbocycles. The summed E-state index contributed by atoms with van der Waals surface area (Å²) in [6.07, 6.45) is 0. The maximum atomic E-state index is 4.94. The third-order valence-electron chi connectivity index (χ3n) is 3.46. The lowest BCUT2D eigenvalue weighted by atomic mass is 9.85. The van der Waals surface area contributed by atoms with E-state index in [-0.39, 0.29) is 5.41 Å². The first-order chi connectivity index (χ1) is 10.5. The number of guanidine groups is 1. The molecule has 2 N–H and O–H groups in total. The van der Waals surface area contributed by atoms with Crippen molar-refractivity contribution in [1.82, 2.24) is 20.8 Å². The van der Waals surface area contributed by atoms with Crippen molar-refractivity contribution in [3.05, 3.63) is 47.6 Å². The highest BCUT2D eigenvalue weighted by atomic mass is 16.5. The van der Waals surface area contributed by atoms with Crippen LogP contribution >= 0.6 is 0 Å². The Morgan fingerprint density at radius 1 is 1.23 bits per heavy atom. The predicted molar refractivity (Wildman–Crippen MR) is 86.7 cm³/mol. The highest BCUT2D eigenvalue weighted by Crippen LogP contribution is 2.21. The Hall–Kier alpha value is -2.37. The predicted octanol–water partition coefficient (Wildman–Crippen LogP) is 2.02. The number of aryl methyl sites for hydroxylation is 1. The van der Waals surface area contributed by atoms with Crippen molar-refractivity contribution in [2.75, 3.05) is 13.6 Å². The molecule has 0 fully saturated rings. The van der Waals surface area contributed by atoms with Crippen molar-refractivity contribution < 1.29 is 4.52 Å². The highest BCUT2D eigenvalue weighted by molar-refractivity contribution is 5.79. The zero-order valence-electron chi connectivity index (χ0n) is 13.6. The first-order valence-electron chi connectivity index (χ1n) is 7.30. The summed E-state index contributed by atoms with van der Waals surface area (Å²) in [6.45, 7) is 7.41. The Balaban J connectivity index is 1.88. The summed E-state index contributed by atoms with van der Waals surface area (Å²) in [5.74, 6) is 1.89. The quantitative estimate of drug-likeness (QED) is 0.653. The average molecular weight is 301 g/mol. The molecule has 118 valence electrons. The minimum Gasteiger partial charge on any atom is -0.356 e. The summed E-state index contributed by atoms with van der Waals surface area (Å²) in [5, 5.41) is 10.4. The topological polar surface area (TPSA) is 75.3 Å². The fourth-order valence-electron chi connectivity index (χ4n) is 2.09. The molecule has 0 amide bonds. The Kier molecular flexibility index (Phi) is 5.14. The molecule has 0 radical (unpaired) electrons. The molecule has 22 heavy (non-hydrogen) atoms. The lowest BCUT2D eigenvalue weighted by molar-refractivity contribution is 0.386. The molecule has 0 spiro atoms. The van der Waals surface area contributed by atoms with Gasteiger partial charge in [-0.3, -0.25) is 4.99 Å². The van der Waals surface area contributed by atoms with Crippen LogP contribution in [-0.4, -0.2) is 29.7 Å². The van der Waals surface area contributed by atoms with Gasteiger partial charge in [-0.15, -0.1) is 0 Å². The molecule has 1 aromatic heterocycles. The maximum Gasteiger partial charge on any atom is 0.223 e. The molecule has 0 unspecified atom stereocenters. The molecule has 0 saturated heterocycles. The fourth-order valence-corrected chi connectivity index (χ4v) is 2.09. The zero-order valence-corrected chi connectivity index (χ0v) is 13.6. The molecule has 0 saturated carbocycles. The number of hydrogen-bond donors (Lipinski definition) is 2. The van der Waals surface area contributed by atoms with Crippen molar-refractivity contribution in [3.63, 3.8) is 0 Å². The third kappa shape index (κ3) is 4.31. The Morgan fingerprint density at radius 3 is 2.55 bits per heavy atom. The number of nitrogens with one attached hydrogen (secondary N) is 2. The zero-order chi connectivity index (χ0) is 16.0. The van der Waals surface area contributed by atoms with Crippen molar-refractivity contribution in [3.8, 4) is 0 Å². The van der Waals surface area contributed by atoms with E-state index in [0.717, 1.165) is 6.54 Å². The van der Waals surface area contributed by atoms with Crippen LogP contribution < -0.4 is 10.6 Å². The van der Waals surface area contributed by atoms with E-state index in [4.69, 9.17) is 4.52 Å². The normalized spacial score (nSPS) is 12.3. The van der Waals surface area contributed by atoms with Crippen LogP contribution in [0, 0.1) is 6.92 Å². The van der Waals surface area contributed by atoms with Crippen LogP contribution in [0.25, 0.3) is 0 Å². The summed E-state index contributed by atoms with van der Waals surface area (Å²) in [4.78, 5) is 8.37. The minimum atomic E-state index is 0.00160. The van der Waals surface area contributed by atoms with E-state index in [1.165, 1.54) is 5.56 Å². The van der Waals surface area contributed by atoms with Crippen LogP contribution in [0.4, 0.5) is 0 Å². The van der Waals surface area contributed by atoms with Crippen molar-refractivity contribution in [2.24, 2.45) is 4.99 Å². The van der Waals surface area contributed by atoms with Crippen LogP contribution in [0.3, 0.4) is 0 Å². The average Bonchev–Trinajstić information content (AvgIpc) is 2.94. The van der Waals surface area contributed by atoms with Gasteiger partial charge in [0.2, 0.25) is 5.89 Å². The van der Waals surface area contributed by atoms with Gasteiger partial charge in [-0.05, 0) is 5.56 Å². The van der Waals surface area contributed by atoms with Crippen molar-refractivity contribution >= 4 is 5.96 Å². The molecule has 1 heterocycles. The Bertz CT molecular complexity index is 618. The first-order valence-corrected chi connectivity index (χ1v) is 7.30. The molecule has 6 nitrogen and oxygen atoms in total. The molecule has 0 bridgehead atoms. The molecule has 0 aliphatic rings. The number of nitrogens with zero attached hydrogens (tertiary/aromatic N) is 3. The molecule has 0 aliphatic carbocycles. The summed E-state index contributed by atoms with van der Waals surface area (Å²) < 4.78 is 4.94. The van der Waals surface area contributed by atoms with E-state index >= 15 is 0 Å². The van der Waals surface area contributed by atoms with Gasteiger partial charge in [0.1, 0.15) is 0 Å². The van der Waals surface area contributed by atoms with Gasteiger partial charge in [0.25, 0.3) is 0 Å². The van der Waals surface area contributed by atoms with Gasteiger partial charge in [0, 0.05) is 25.9 Å². The van der Waals surface area contributed by atoms with E-state index < -0.39 is 0 Å². The smallest absolute Gasteiger partial charge is 0.223 e. The molecule has 0 atom stereocenters. The van der Waals surface area contributed by atoms with E-state index in [0.29, 0.717) is 24.2 Å². The van der Waals surface area contributed by atoms with Crippen LogP contribution in [0.15, 0.2) is 39.8 Å². The fraction of sp³-hybridized carbons (Fsp3) is 0.438. The van der Waals surface area contributed by atoms with Gasteiger partial charge in [-0.1, -0.05) is 49.3 Å². The SMILES string of the molecule is CN=C(NCc1noc(C)n1)NCC(C)(C)c1ccccc1. The summed E-state index contributed by atoms with van der Waals surface area (Å²) in [6, 6.07) is 10.4. The van der Waals surface area contributed by atoms with Gasteiger partial charge in [0.15, 0.2) is 11.8 Å². The number of benzene rings is 1. The van der Waals surface area contributed by atoms with Crippen LogP contribution in [0.5, 0.6) is 0 Å².